The molecule has 0 amide bonds. The SMILES string of the molecule is N#Cc1ccc(C2=C(c3ccc(S(N)(=O)=O)cn3)CC3(CCC3)C2)cc1. The molecule has 132 valence electrons. The van der Waals surface area contributed by atoms with Crippen molar-refractivity contribution in [1.82, 2.24) is 4.98 Å². The Morgan fingerprint density at radius 3 is 2.23 bits per heavy atom. The van der Waals surface area contributed by atoms with E-state index in [0.717, 1.165) is 24.1 Å². The first kappa shape index (κ1) is 17.0. The van der Waals surface area contributed by atoms with Crippen LogP contribution in [0.3, 0.4) is 0 Å². The number of benzene rings is 1. The smallest absolute Gasteiger partial charge is 0.239 e. The highest BCUT2D eigenvalue weighted by Gasteiger charge is 2.44. The molecule has 0 bridgehead atoms. The first-order valence-corrected chi connectivity index (χ1v) is 10.2. The standard InChI is InChI=1S/C20H19N3O2S/c21-12-14-2-4-15(5-3-14)17-10-20(8-1-9-20)11-18(17)19-7-6-16(13-23-19)26(22,24)25/h2-7,13H,1,8-11H2,(H2,22,24,25). The quantitative estimate of drug-likeness (QED) is 0.900. The summed E-state index contributed by atoms with van der Waals surface area (Å²) in [6.45, 7) is 0. The lowest BCUT2D eigenvalue weighted by molar-refractivity contribution is 0.157. The molecule has 0 saturated heterocycles. The Kier molecular flexibility index (Phi) is 3.94. The minimum atomic E-state index is -3.74. The molecule has 2 aliphatic carbocycles. The Hall–Kier alpha value is -2.49. The lowest BCUT2D eigenvalue weighted by atomic mass is 9.66. The fourth-order valence-corrected chi connectivity index (χ4v) is 4.51. The Balaban J connectivity index is 1.77. The van der Waals surface area contributed by atoms with Gasteiger partial charge in [0.05, 0.1) is 17.3 Å². The number of rotatable bonds is 3. The predicted octanol–water partition coefficient (Wildman–Crippen LogP) is 3.48. The van der Waals surface area contributed by atoms with Gasteiger partial charge in [-0.3, -0.25) is 4.98 Å². The highest BCUT2D eigenvalue weighted by molar-refractivity contribution is 7.89. The summed E-state index contributed by atoms with van der Waals surface area (Å²) < 4.78 is 22.9. The Morgan fingerprint density at radius 2 is 1.73 bits per heavy atom. The predicted molar refractivity (Wildman–Crippen MR) is 99.1 cm³/mol. The highest BCUT2D eigenvalue weighted by atomic mass is 32.2. The second-order valence-electron chi connectivity index (χ2n) is 7.28. The highest BCUT2D eigenvalue weighted by Crippen LogP contribution is 2.59. The van der Waals surface area contributed by atoms with Crippen LogP contribution in [0.4, 0.5) is 0 Å². The van der Waals surface area contributed by atoms with Gasteiger partial charge >= 0.3 is 0 Å². The van der Waals surface area contributed by atoms with E-state index >= 15 is 0 Å². The van der Waals surface area contributed by atoms with Crippen molar-refractivity contribution in [2.45, 2.75) is 37.0 Å². The van der Waals surface area contributed by atoms with Crippen molar-refractivity contribution in [2.75, 3.05) is 0 Å². The number of hydrogen-bond acceptors (Lipinski definition) is 4. The van der Waals surface area contributed by atoms with Gasteiger partial charge < -0.3 is 0 Å². The third-order valence-electron chi connectivity index (χ3n) is 5.62. The van der Waals surface area contributed by atoms with Crippen molar-refractivity contribution in [3.05, 3.63) is 59.4 Å². The number of sulfonamides is 1. The summed E-state index contributed by atoms with van der Waals surface area (Å²) in [5.74, 6) is 0. The third-order valence-corrected chi connectivity index (χ3v) is 6.52. The molecule has 6 heteroatoms. The van der Waals surface area contributed by atoms with Crippen molar-refractivity contribution in [3.8, 4) is 6.07 Å². The number of allylic oxidation sites excluding steroid dienone is 2. The number of nitriles is 1. The number of hydrogen-bond donors (Lipinski definition) is 1. The topological polar surface area (TPSA) is 96.8 Å². The molecule has 0 unspecified atom stereocenters. The van der Waals surface area contributed by atoms with E-state index in [1.807, 2.05) is 24.3 Å². The molecule has 2 aliphatic rings. The van der Waals surface area contributed by atoms with Gasteiger partial charge in [-0.25, -0.2) is 13.6 Å². The molecule has 0 radical (unpaired) electrons. The van der Waals surface area contributed by atoms with Crippen molar-refractivity contribution < 1.29 is 8.42 Å². The lowest BCUT2D eigenvalue weighted by Crippen LogP contribution is -2.26. The van der Waals surface area contributed by atoms with E-state index in [0.29, 0.717) is 11.0 Å². The fraction of sp³-hybridized carbons (Fsp3) is 0.300. The van der Waals surface area contributed by atoms with Gasteiger partial charge in [0.25, 0.3) is 0 Å². The number of nitrogens with two attached hydrogens (primary N) is 1. The fourth-order valence-electron chi connectivity index (χ4n) is 4.05. The van der Waals surface area contributed by atoms with Crippen LogP contribution < -0.4 is 5.14 Å². The minimum absolute atomic E-state index is 0.0260. The van der Waals surface area contributed by atoms with E-state index in [2.05, 4.69) is 11.1 Å². The number of pyridine rings is 1. The van der Waals surface area contributed by atoms with Crippen LogP contribution in [0.1, 0.15) is 48.9 Å². The van der Waals surface area contributed by atoms with Gasteiger partial charge in [-0.1, -0.05) is 18.6 Å². The van der Waals surface area contributed by atoms with Crippen LogP contribution in [0.15, 0.2) is 47.5 Å². The van der Waals surface area contributed by atoms with E-state index in [4.69, 9.17) is 10.4 Å². The lowest BCUT2D eigenvalue weighted by Gasteiger charge is -2.39. The van der Waals surface area contributed by atoms with E-state index in [9.17, 15) is 8.42 Å². The molecule has 1 spiro atoms. The van der Waals surface area contributed by atoms with E-state index in [1.54, 1.807) is 6.07 Å². The molecule has 4 rings (SSSR count). The molecular formula is C20H19N3O2S. The molecule has 0 aliphatic heterocycles. The van der Waals surface area contributed by atoms with E-state index in [1.165, 1.54) is 42.7 Å². The monoisotopic (exact) mass is 365 g/mol. The molecule has 5 nitrogen and oxygen atoms in total. The number of nitrogens with zero attached hydrogens (tertiary/aromatic N) is 2. The zero-order valence-corrected chi connectivity index (χ0v) is 15.1. The van der Waals surface area contributed by atoms with Gasteiger partial charge in [0, 0.05) is 6.20 Å². The number of aromatic nitrogens is 1. The van der Waals surface area contributed by atoms with Crippen LogP contribution in [0.25, 0.3) is 11.1 Å². The van der Waals surface area contributed by atoms with Crippen LogP contribution in [-0.4, -0.2) is 13.4 Å². The van der Waals surface area contributed by atoms with E-state index in [-0.39, 0.29) is 4.90 Å². The van der Waals surface area contributed by atoms with Gasteiger partial charge in [0.1, 0.15) is 4.90 Å². The normalized spacial score (nSPS) is 18.6. The zero-order chi connectivity index (χ0) is 18.4. The average molecular weight is 365 g/mol. The first-order valence-electron chi connectivity index (χ1n) is 8.62. The summed E-state index contributed by atoms with van der Waals surface area (Å²) in [6.07, 6.45) is 6.99. The van der Waals surface area contributed by atoms with Crippen LogP contribution in [0.5, 0.6) is 0 Å². The average Bonchev–Trinajstić information content (AvgIpc) is 3.03. The van der Waals surface area contributed by atoms with Gasteiger partial charge in [-0.2, -0.15) is 5.26 Å². The second-order valence-corrected chi connectivity index (χ2v) is 8.84. The molecule has 2 aromatic rings. The van der Waals surface area contributed by atoms with Crippen molar-refractivity contribution in [3.63, 3.8) is 0 Å². The minimum Gasteiger partial charge on any atom is -0.255 e. The maximum atomic E-state index is 11.5. The van der Waals surface area contributed by atoms with Crippen LogP contribution >= 0.6 is 0 Å². The van der Waals surface area contributed by atoms with Gasteiger partial charge in [-0.05, 0) is 72.1 Å². The van der Waals surface area contributed by atoms with Crippen molar-refractivity contribution in [1.29, 1.82) is 5.26 Å². The summed E-state index contributed by atoms with van der Waals surface area (Å²) in [5.41, 5.74) is 5.31. The molecule has 1 saturated carbocycles. The summed E-state index contributed by atoms with van der Waals surface area (Å²) in [7, 11) is -3.74. The molecule has 26 heavy (non-hydrogen) atoms. The molecule has 0 atom stereocenters. The van der Waals surface area contributed by atoms with Crippen LogP contribution in [0.2, 0.25) is 0 Å². The molecule has 1 heterocycles. The van der Waals surface area contributed by atoms with Crippen molar-refractivity contribution >= 4 is 21.2 Å². The summed E-state index contributed by atoms with van der Waals surface area (Å²) in [6, 6.07) is 13.1. The number of primary sulfonamides is 1. The van der Waals surface area contributed by atoms with Gasteiger partial charge in [0.2, 0.25) is 10.0 Å². The maximum absolute atomic E-state index is 11.5. The third kappa shape index (κ3) is 2.94. The Labute approximate surface area is 153 Å². The summed E-state index contributed by atoms with van der Waals surface area (Å²) in [5, 5.41) is 14.2. The molecule has 1 aromatic heterocycles. The molecule has 1 aromatic carbocycles. The van der Waals surface area contributed by atoms with E-state index < -0.39 is 10.0 Å². The Bertz CT molecular complexity index is 1030. The maximum Gasteiger partial charge on any atom is 0.239 e. The summed E-state index contributed by atoms with van der Waals surface area (Å²) in [4.78, 5) is 4.42. The first-order chi connectivity index (χ1) is 12.4. The molecular weight excluding hydrogens is 346 g/mol. The Morgan fingerprint density at radius 1 is 1.04 bits per heavy atom. The van der Waals surface area contributed by atoms with Crippen LogP contribution in [-0.2, 0) is 10.0 Å². The second kappa shape index (κ2) is 6.04. The van der Waals surface area contributed by atoms with Gasteiger partial charge in [-0.15, -0.1) is 0 Å². The molecule has 1 fully saturated rings. The zero-order valence-electron chi connectivity index (χ0n) is 14.3. The largest absolute Gasteiger partial charge is 0.255 e. The summed E-state index contributed by atoms with van der Waals surface area (Å²) >= 11 is 0. The molecule has 2 N–H and O–H groups in total. The van der Waals surface area contributed by atoms with Crippen molar-refractivity contribution in [2.24, 2.45) is 10.6 Å². The van der Waals surface area contributed by atoms with Crippen LogP contribution in [0, 0.1) is 16.7 Å². The van der Waals surface area contributed by atoms with Gasteiger partial charge in [0.15, 0.2) is 0 Å².